The fourth-order valence-corrected chi connectivity index (χ4v) is 4.03. The van der Waals surface area contributed by atoms with Gasteiger partial charge in [-0.3, -0.25) is 4.79 Å². The van der Waals surface area contributed by atoms with Crippen molar-refractivity contribution < 1.29 is 4.79 Å². The number of carbonyl (C=O) groups is 1. The molecular weight excluding hydrogens is 286 g/mol. The lowest BCUT2D eigenvalue weighted by Crippen LogP contribution is -2.53. The Labute approximate surface area is 142 Å². The lowest BCUT2D eigenvalue weighted by molar-refractivity contribution is -0.124. The molecule has 1 aliphatic rings. The van der Waals surface area contributed by atoms with E-state index in [-0.39, 0.29) is 5.91 Å². The predicted octanol–water partition coefficient (Wildman–Crippen LogP) is 3.32. The van der Waals surface area contributed by atoms with E-state index in [2.05, 4.69) is 13.8 Å². The van der Waals surface area contributed by atoms with Crippen molar-refractivity contribution in [3.63, 3.8) is 0 Å². The summed E-state index contributed by atoms with van der Waals surface area (Å²) in [6, 6.07) is 0. The van der Waals surface area contributed by atoms with E-state index in [1.807, 2.05) is 0 Å². The van der Waals surface area contributed by atoms with Crippen LogP contribution in [-0.2, 0) is 4.79 Å². The molecule has 4 nitrogen and oxygen atoms in total. The van der Waals surface area contributed by atoms with Gasteiger partial charge >= 0.3 is 0 Å². The zero-order chi connectivity index (χ0) is 17.3. The Morgan fingerprint density at radius 1 is 1.22 bits per heavy atom. The van der Waals surface area contributed by atoms with Crippen molar-refractivity contribution in [1.82, 2.24) is 0 Å². The number of carbonyl (C=O) groups excluding carboxylic acids is 1. The monoisotopic (exact) mass is 325 g/mol. The Morgan fingerprint density at radius 3 is 2.52 bits per heavy atom. The standard InChI is InChI=1S/C19H39N3O/c1-3-4-5-7-15(2)10-11-19(22,18(21)23)13-16-8-6-9-17(12-16)14-20/h15-17H,3-14,20,22H2,1-2H3,(H2,21,23)/t15?,16-,17+,19+/m0/s1. The van der Waals surface area contributed by atoms with E-state index < -0.39 is 5.54 Å². The number of hydrogen-bond acceptors (Lipinski definition) is 3. The Hall–Kier alpha value is -0.610. The van der Waals surface area contributed by atoms with Gasteiger partial charge in [0.15, 0.2) is 0 Å². The molecule has 23 heavy (non-hydrogen) atoms. The van der Waals surface area contributed by atoms with Gasteiger partial charge in [0.05, 0.1) is 5.54 Å². The third kappa shape index (κ3) is 7.21. The van der Waals surface area contributed by atoms with Crippen molar-refractivity contribution in [2.45, 2.75) is 90.0 Å². The molecule has 1 unspecified atom stereocenters. The minimum atomic E-state index is -0.833. The summed E-state index contributed by atoms with van der Waals surface area (Å²) < 4.78 is 0. The molecule has 4 atom stereocenters. The molecule has 4 heteroatoms. The van der Waals surface area contributed by atoms with Crippen LogP contribution in [0, 0.1) is 17.8 Å². The molecule has 0 aromatic heterocycles. The largest absolute Gasteiger partial charge is 0.368 e. The molecule has 6 N–H and O–H groups in total. The van der Waals surface area contributed by atoms with Crippen molar-refractivity contribution in [2.75, 3.05) is 6.54 Å². The van der Waals surface area contributed by atoms with Gasteiger partial charge in [0.25, 0.3) is 0 Å². The highest BCUT2D eigenvalue weighted by atomic mass is 16.1. The molecular formula is C19H39N3O. The molecule has 0 aromatic carbocycles. The first-order valence-electron chi connectivity index (χ1n) is 9.70. The van der Waals surface area contributed by atoms with E-state index in [1.54, 1.807) is 0 Å². The maximum absolute atomic E-state index is 12.0. The van der Waals surface area contributed by atoms with Gasteiger partial charge in [-0.05, 0) is 56.4 Å². The number of hydrogen-bond donors (Lipinski definition) is 3. The van der Waals surface area contributed by atoms with Crippen LogP contribution < -0.4 is 17.2 Å². The van der Waals surface area contributed by atoms with Crippen LogP contribution in [0.4, 0.5) is 0 Å². The van der Waals surface area contributed by atoms with Gasteiger partial charge in [-0.1, -0.05) is 52.4 Å². The van der Waals surface area contributed by atoms with Crippen molar-refractivity contribution in [3.8, 4) is 0 Å². The predicted molar refractivity (Wildman–Crippen MR) is 97.8 cm³/mol. The average molecular weight is 326 g/mol. The van der Waals surface area contributed by atoms with Crippen molar-refractivity contribution in [3.05, 3.63) is 0 Å². The second-order valence-corrected chi connectivity index (χ2v) is 8.00. The first-order valence-corrected chi connectivity index (χ1v) is 9.70. The van der Waals surface area contributed by atoms with Gasteiger partial charge in [0.2, 0.25) is 5.91 Å². The maximum Gasteiger partial charge on any atom is 0.237 e. The SMILES string of the molecule is CCCCCC(C)CC[C@@](N)(C[C@H]1CCC[C@@H](CN)C1)C(N)=O. The van der Waals surface area contributed by atoms with E-state index in [1.165, 1.54) is 38.5 Å². The number of nitrogens with two attached hydrogens (primary N) is 3. The van der Waals surface area contributed by atoms with Crippen LogP contribution in [0.2, 0.25) is 0 Å². The third-order valence-corrected chi connectivity index (χ3v) is 5.75. The minimum absolute atomic E-state index is 0.326. The summed E-state index contributed by atoms with van der Waals surface area (Å²) in [4.78, 5) is 12.0. The van der Waals surface area contributed by atoms with E-state index in [9.17, 15) is 4.79 Å². The Balaban J connectivity index is 2.49. The van der Waals surface area contributed by atoms with Crippen molar-refractivity contribution in [2.24, 2.45) is 35.0 Å². The van der Waals surface area contributed by atoms with E-state index in [4.69, 9.17) is 17.2 Å². The molecule has 0 aromatic rings. The summed E-state index contributed by atoms with van der Waals surface area (Å²) in [5.74, 6) is 1.39. The average Bonchev–Trinajstić information content (AvgIpc) is 2.53. The smallest absolute Gasteiger partial charge is 0.237 e. The first-order chi connectivity index (χ1) is 10.9. The molecule has 0 aliphatic heterocycles. The van der Waals surface area contributed by atoms with E-state index in [0.717, 1.165) is 38.6 Å². The first kappa shape index (κ1) is 20.4. The van der Waals surface area contributed by atoms with Crippen LogP contribution in [0.1, 0.15) is 84.5 Å². The molecule has 0 bridgehead atoms. The number of unbranched alkanes of at least 4 members (excludes halogenated alkanes) is 2. The molecule has 0 radical (unpaired) electrons. The minimum Gasteiger partial charge on any atom is -0.368 e. The number of amides is 1. The normalized spacial score (nSPS) is 25.7. The van der Waals surface area contributed by atoms with Crippen LogP contribution >= 0.6 is 0 Å². The molecule has 1 fully saturated rings. The van der Waals surface area contributed by atoms with Gasteiger partial charge < -0.3 is 17.2 Å². The van der Waals surface area contributed by atoms with Gasteiger partial charge in [-0.15, -0.1) is 0 Å². The summed E-state index contributed by atoms with van der Waals surface area (Å²) >= 11 is 0. The second-order valence-electron chi connectivity index (χ2n) is 8.00. The molecule has 1 saturated carbocycles. The van der Waals surface area contributed by atoms with Crippen molar-refractivity contribution in [1.29, 1.82) is 0 Å². The molecule has 1 rings (SSSR count). The lowest BCUT2D eigenvalue weighted by atomic mass is 9.73. The highest BCUT2D eigenvalue weighted by Gasteiger charge is 2.36. The van der Waals surface area contributed by atoms with Crippen LogP contribution in [0.25, 0.3) is 0 Å². The van der Waals surface area contributed by atoms with Gasteiger partial charge in [0, 0.05) is 0 Å². The second kappa shape index (κ2) is 10.3. The summed E-state index contributed by atoms with van der Waals surface area (Å²) in [5, 5.41) is 0. The maximum atomic E-state index is 12.0. The summed E-state index contributed by atoms with van der Waals surface area (Å²) in [5.41, 5.74) is 17.1. The highest BCUT2D eigenvalue weighted by molar-refractivity contribution is 5.84. The van der Waals surface area contributed by atoms with E-state index >= 15 is 0 Å². The van der Waals surface area contributed by atoms with Gasteiger partial charge in [-0.2, -0.15) is 0 Å². The van der Waals surface area contributed by atoms with Crippen LogP contribution in [0.15, 0.2) is 0 Å². The summed E-state index contributed by atoms with van der Waals surface area (Å²) in [7, 11) is 0. The Morgan fingerprint density at radius 2 is 1.91 bits per heavy atom. The van der Waals surface area contributed by atoms with Crippen LogP contribution in [0.3, 0.4) is 0 Å². The summed E-state index contributed by atoms with van der Waals surface area (Å²) in [6.45, 7) is 5.24. The summed E-state index contributed by atoms with van der Waals surface area (Å²) in [6.07, 6.45) is 12.2. The highest BCUT2D eigenvalue weighted by Crippen LogP contribution is 2.35. The zero-order valence-corrected chi connectivity index (χ0v) is 15.4. The number of rotatable bonds is 11. The van der Waals surface area contributed by atoms with Gasteiger partial charge in [0.1, 0.15) is 0 Å². The Bertz CT molecular complexity index is 348. The molecule has 1 aliphatic carbocycles. The fraction of sp³-hybridized carbons (Fsp3) is 0.947. The fourth-order valence-electron chi connectivity index (χ4n) is 4.03. The topological polar surface area (TPSA) is 95.1 Å². The zero-order valence-electron chi connectivity index (χ0n) is 15.4. The van der Waals surface area contributed by atoms with Crippen LogP contribution in [0.5, 0.6) is 0 Å². The molecule has 0 spiro atoms. The quantitative estimate of drug-likeness (QED) is 0.508. The Kier molecular flexibility index (Phi) is 9.15. The molecule has 0 heterocycles. The van der Waals surface area contributed by atoms with E-state index in [0.29, 0.717) is 17.8 Å². The van der Waals surface area contributed by atoms with Gasteiger partial charge in [-0.25, -0.2) is 0 Å². The third-order valence-electron chi connectivity index (χ3n) is 5.75. The molecule has 1 amide bonds. The lowest BCUT2D eigenvalue weighted by Gasteiger charge is -2.35. The van der Waals surface area contributed by atoms with Crippen LogP contribution in [-0.4, -0.2) is 18.0 Å². The van der Waals surface area contributed by atoms with Crippen molar-refractivity contribution >= 4 is 5.91 Å². The molecule has 136 valence electrons. The number of primary amides is 1. The molecule has 0 saturated heterocycles.